The lowest BCUT2D eigenvalue weighted by molar-refractivity contribution is -0.129. The largest absolute Gasteiger partial charge is 0.390 e. The Morgan fingerprint density at radius 1 is 1.00 bits per heavy atom. The van der Waals surface area contributed by atoms with Gasteiger partial charge in [-0.05, 0) is 99.7 Å². The van der Waals surface area contributed by atoms with Gasteiger partial charge in [-0.3, -0.25) is 4.79 Å². The van der Waals surface area contributed by atoms with Crippen LogP contribution in [0.3, 0.4) is 0 Å². The van der Waals surface area contributed by atoms with Crippen molar-refractivity contribution in [3.05, 3.63) is 0 Å². The second-order valence-electron chi connectivity index (χ2n) is 9.95. The van der Waals surface area contributed by atoms with E-state index in [1.807, 2.05) is 6.92 Å². The number of hydrogen-bond acceptors (Lipinski definition) is 2. The third-order valence-electron chi connectivity index (χ3n) is 8.76. The molecule has 136 valence electrons. The number of alkyl halides is 1. The van der Waals surface area contributed by atoms with Gasteiger partial charge in [0.25, 0.3) is 0 Å². The summed E-state index contributed by atoms with van der Waals surface area (Å²) in [6.07, 6.45) is 10.9. The average Bonchev–Trinajstić information content (AvgIpc) is 2.90. The van der Waals surface area contributed by atoms with Crippen molar-refractivity contribution < 1.29 is 9.90 Å². The summed E-state index contributed by atoms with van der Waals surface area (Å²) in [5.74, 6) is 4.83. The van der Waals surface area contributed by atoms with Crippen LogP contribution in [0.1, 0.15) is 71.6 Å². The molecule has 1 N–H and O–H groups in total. The first-order valence-corrected chi connectivity index (χ1v) is 11.3. The van der Waals surface area contributed by atoms with Gasteiger partial charge in [0.2, 0.25) is 0 Å². The maximum atomic E-state index is 12.5. The summed E-state index contributed by atoms with van der Waals surface area (Å²) in [6, 6.07) is 0. The molecule has 1 unspecified atom stereocenters. The van der Waals surface area contributed by atoms with Gasteiger partial charge in [-0.25, -0.2) is 0 Å². The number of rotatable bonds is 2. The molecule has 0 aromatic heterocycles. The van der Waals surface area contributed by atoms with Crippen LogP contribution in [0.2, 0.25) is 0 Å². The lowest BCUT2D eigenvalue weighted by atomic mass is 9.49. The standard InChI is InChI=1S/C21H33BrO2/c1-20(24)9-7-14-13(11-20)3-4-16-15(14)8-10-21(2)17(16)5-6-18(21)19(23)12-22/h13-18,24H,3-12H2,1-2H3/t13-,14-,15+,16?,17-,18+,20+,21-/m0/s1. The molecule has 0 aliphatic heterocycles. The second-order valence-corrected chi connectivity index (χ2v) is 10.5. The van der Waals surface area contributed by atoms with Gasteiger partial charge in [-0.1, -0.05) is 22.9 Å². The van der Waals surface area contributed by atoms with Gasteiger partial charge in [0.1, 0.15) is 5.78 Å². The number of aliphatic hydroxyl groups is 1. The minimum atomic E-state index is -0.419. The Kier molecular flexibility index (Phi) is 4.44. The van der Waals surface area contributed by atoms with Crippen molar-refractivity contribution in [2.75, 3.05) is 5.33 Å². The highest BCUT2D eigenvalue weighted by Gasteiger charge is 2.58. The number of carbonyl (C=O) groups excluding carboxylic acids is 1. The topological polar surface area (TPSA) is 37.3 Å². The lowest BCUT2D eigenvalue weighted by Gasteiger charge is -2.56. The molecule has 3 heteroatoms. The monoisotopic (exact) mass is 396 g/mol. The van der Waals surface area contributed by atoms with E-state index in [0.29, 0.717) is 17.0 Å². The Hall–Kier alpha value is 0.110. The van der Waals surface area contributed by atoms with Gasteiger partial charge in [0, 0.05) is 5.92 Å². The zero-order valence-electron chi connectivity index (χ0n) is 15.3. The Morgan fingerprint density at radius 3 is 2.50 bits per heavy atom. The number of carbonyl (C=O) groups is 1. The zero-order valence-corrected chi connectivity index (χ0v) is 16.9. The average molecular weight is 397 g/mol. The van der Waals surface area contributed by atoms with E-state index in [1.54, 1.807) is 0 Å². The molecule has 0 spiro atoms. The predicted octanol–water partition coefficient (Wildman–Crippen LogP) is 4.97. The minimum Gasteiger partial charge on any atom is -0.390 e. The van der Waals surface area contributed by atoms with Crippen LogP contribution >= 0.6 is 15.9 Å². The summed E-state index contributed by atoms with van der Waals surface area (Å²) in [4.78, 5) is 12.5. The fourth-order valence-electron chi connectivity index (χ4n) is 7.70. The van der Waals surface area contributed by atoms with Crippen LogP contribution in [0.25, 0.3) is 0 Å². The summed E-state index contributed by atoms with van der Waals surface area (Å²) >= 11 is 3.42. The third-order valence-corrected chi connectivity index (χ3v) is 9.31. The molecule has 4 saturated carbocycles. The molecule has 0 saturated heterocycles. The molecule has 4 fully saturated rings. The first-order valence-electron chi connectivity index (χ1n) is 10.2. The summed E-state index contributed by atoms with van der Waals surface area (Å²) in [5, 5.41) is 11.0. The van der Waals surface area contributed by atoms with Crippen molar-refractivity contribution in [2.24, 2.45) is 40.9 Å². The van der Waals surface area contributed by atoms with Gasteiger partial charge in [0.05, 0.1) is 10.9 Å². The van der Waals surface area contributed by atoms with Crippen molar-refractivity contribution in [3.63, 3.8) is 0 Å². The van der Waals surface area contributed by atoms with Gasteiger partial charge in [0.15, 0.2) is 0 Å². The maximum absolute atomic E-state index is 12.5. The minimum absolute atomic E-state index is 0.263. The van der Waals surface area contributed by atoms with E-state index in [2.05, 4.69) is 22.9 Å². The molecule has 0 amide bonds. The highest BCUT2D eigenvalue weighted by atomic mass is 79.9. The van der Waals surface area contributed by atoms with E-state index in [1.165, 1.54) is 38.5 Å². The Balaban J connectivity index is 1.54. The summed E-state index contributed by atoms with van der Waals surface area (Å²) in [7, 11) is 0. The van der Waals surface area contributed by atoms with E-state index in [0.717, 1.165) is 48.9 Å². The SMILES string of the molecule is C[C@@]1(O)CC[C@H]2[C@@H](CCC3[C@@H]2CC[C@]2(C)[C@@H](C(=O)CBr)CC[C@@H]32)C1. The van der Waals surface area contributed by atoms with Gasteiger partial charge < -0.3 is 5.11 Å². The molecule has 4 aliphatic carbocycles. The second kappa shape index (κ2) is 6.08. The number of Topliss-reactive ketones (excluding diaryl/α,β-unsaturated/α-hetero) is 1. The fraction of sp³-hybridized carbons (Fsp3) is 0.952. The van der Waals surface area contributed by atoms with E-state index in [-0.39, 0.29) is 5.41 Å². The van der Waals surface area contributed by atoms with Crippen molar-refractivity contribution in [1.82, 2.24) is 0 Å². The van der Waals surface area contributed by atoms with Crippen LogP contribution in [0.5, 0.6) is 0 Å². The van der Waals surface area contributed by atoms with Gasteiger partial charge in [-0.2, -0.15) is 0 Å². The lowest BCUT2D eigenvalue weighted by Crippen LogP contribution is -2.51. The van der Waals surface area contributed by atoms with Crippen molar-refractivity contribution in [2.45, 2.75) is 77.2 Å². The number of fused-ring (bicyclic) bond motifs is 5. The molecule has 8 atom stereocenters. The number of halogens is 1. The van der Waals surface area contributed by atoms with Crippen LogP contribution in [-0.2, 0) is 4.79 Å². The molecule has 0 radical (unpaired) electrons. The molecule has 0 bridgehead atoms. The van der Waals surface area contributed by atoms with Crippen LogP contribution in [0.15, 0.2) is 0 Å². The Morgan fingerprint density at radius 2 is 1.75 bits per heavy atom. The maximum Gasteiger partial charge on any atom is 0.147 e. The first-order chi connectivity index (χ1) is 11.4. The molecule has 0 aromatic rings. The van der Waals surface area contributed by atoms with Crippen LogP contribution in [0, 0.1) is 40.9 Å². The van der Waals surface area contributed by atoms with Crippen LogP contribution < -0.4 is 0 Å². The normalized spacial score (nSPS) is 53.8. The highest BCUT2D eigenvalue weighted by Crippen LogP contribution is 2.64. The first kappa shape index (κ1) is 17.5. The third kappa shape index (κ3) is 2.64. The summed E-state index contributed by atoms with van der Waals surface area (Å²) in [6.45, 7) is 4.48. The molecule has 4 aliphatic rings. The molecular weight excluding hydrogens is 364 g/mol. The molecule has 0 heterocycles. The van der Waals surface area contributed by atoms with Gasteiger partial charge in [-0.15, -0.1) is 0 Å². The molecule has 2 nitrogen and oxygen atoms in total. The number of ketones is 1. The van der Waals surface area contributed by atoms with E-state index in [4.69, 9.17) is 0 Å². The van der Waals surface area contributed by atoms with Crippen LogP contribution in [0.4, 0.5) is 0 Å². The molecule has 24 heavy (non-hydrogen) atoms. The van der Waals surface area contributed by atoms with E-state index >= 15 is 0 Å². The van der Waals surface area contributed by atoms with Gasteiger partial charge >= 0.3 is 0 Å². The quantitative estimate of drug-likeness (QED) is 0.668. The van der Waals surface area contributed by atoms with E-state index in [9.17, 15) is 9.90 Å². The zero-order chi connectivity index (χ0) is 17.1. The Bertz CT molecular complexity index is 516. The predicted molar refractivity (Wildman–Crippen MR) is 100 cm³/mol. The summed E-state index contributed by atoms with van der Waals surface area (Å²) in [5.41, 5.74) is -0.156. The Labute approximate surface area is 155 Å². The summed E-state index contributed by atoms with van der Waals surface area (Å²) < 4.78 is 0. The van der Waals surface area contributed by atoms with Crippen molar-refractivity contribution in [1.29, 1.82) is 0 Å². The van der Waals surface area contributed by atoms with Crippen molar-refractivity contribution >= 4 is 21.7 Å². The highest BCUT2D eigenvalue weighted by molar-refractivity contribution is 9.09. The molecule has 4 rings (SSSR count). The molecule has 0 aromatic carbocycles. The number of hydrogen-bond donors (Lipinski definition) is 1. The molecular formula is C21H33BrO2. The van der Waals surface area contributed by atoms with Crippen molar-refractivity contribution in [3.8, 4) is 0 Å². The van der Waals surface area contributed by atoms with E-state index < -0.39 is 5.60 Å². The fourth-order valence-corrected chi connectivity index (χ4v) is 8.09. The van der Waals surface area contributed by atoms with Crippen LogP contribution in [-0.4, -0.2) is 21.8 Å². The smallest absolute Gasteiger partial charge is 0.147 e.